The molecule has 1 amide bonds. The highest BCUT2D eigenvalue weighted by Gasteiger charge is 2.43. The Hall–Kier alpha value is -2.67. The SMILES string of the molecule is O=C(C1CCCCC1)N1CCC(NCc2ccc3c(c2)OC(F)(F)O3)C1c1ccccc1. The van der Waals surface area contributed by atoms with Gasteiger partial charge in [-0.1, -0.05) is 55.7 Å². The molecule has 1 saturated carbocycles. The molecule has 2 aliphatic heterocycles. The maximum atomic E-state index is 13.4. The van der Waals surface area contributed by atoms with E-state index in [2.05, 4.69) is 31.8 Å². The summed E-state index contributed by atoms with van der Waals surface area (Å²) < 4.78 is 35.7. The van der Waals surface area contributed by atoms with Gasteiger partial charge < -0.3 is 19.7 Å². The van der Waals surface area contributed by atoms with Crippen molar-refractivity contribution < 1.29 is 23.0 Å². The van der Waals surface area contributed by atoms with Crippen molar-refractivity contribution in [2.75, 3.05) is 6.54 Å². The third-order valence-corrected chi connectivity index (χ3v) is 6.81. The Morgan fingerprint density at radius 2 is 1.75 bits per heavy atom. The molecule has 1 N–H and O–H groups in total. The van der Waals surface area contributed by atoms with Crippen LogP contribution in [0.2, 0.25) is 0 Å². The van der Waals surface area contributed by atoms with Crippen LogP contribution in [0.1, 0.15) is 55.7 Å². The van der Waals surface area contributed by atoms with E-state index >= 15 is 0 Å². The number of likely N-dealkylation sites (tertiary alicyclic amines) is 1. The van der Waals surface area contributed by atoms with Gasteiger partial charge in [-0.05, 0) is 42.5 Å². The van der Waals surface area contributed by atoms with Crippen LogP contribution < -0.4 is 14.8 Å². The first-order valence-electron chi connectivity index (χ1n) is 11.5. The predicted octanol–water partition coefficient (Wildman–Crippen LogP) is 5.02. The number of carbonyl (C=O) groups is 1. The number of hydrogen-bond donors (Lipinski definition) is 1. The number of alkyl halides is 2. The number of ether oxygens (including phenoxy) is 2. The van der Waals surface area contributed by atoms with Gasteiger partial charge in [0.15, 0.2) is 11.5 Å². The molecular formula is C25H28F2N2O3. The van der Waals surface area contributed by atoms with Gasteiger partial charge in [-0.15, -0.1) is 8.78 Å². The Morgan fingerprint density at radius 3 is 2.53 bits per heavy atom. The summed E-state index contributed by atoms with van der Waals surface area (Å²) in [6.45, 7) is 1.21. The van der Waals surface area contributed by atoms with Crippen molar-refractivity contribution in [2.24, 2.45) is 5.92 Å². The van der Waals surface area contributed by atoms with Crippen molar-refractivity contribution >= 4 is 5.91 Å². The quantitative estimate of drug-likeness (QED) is 0.707. The van der Waals surface area contributed by atoms with E-state index < -0.39 is 6.29 Å². The minimum absolute atomic E-state index is 0.0380. The monoisotopic (exact) mass is 442 g/mol. The summed E-state index contributed by atoms with van der Waals surface area (Å²) in [7, 11) is 0. The van der Waals surface area contributed by atoms with Crippen LogP contribution >= 0.6 is 0 Å². The molecule has 0 radical (unpaired) electrons. The molecule has 0 bridgehead atoms. The van der Waals surface area contributed by atoms with Crippen LogP contribution in [0.3, 0.4) is 0 Å². The van der Waals surface area contributed by atoms with Gasteiger partial charge in [0.1, 0.15) is 0 Å². The molecule has 7 heteroatoms. The van der Waals surface area contributed by atoms with E-state index in [4.69, 9.17) is 0 Å². The predicted molar refractivity (Wildman–Crippen MR) is 115 cm³/mol. The molecule has 5 nitrogen and oxygen atoms in total. The van der Waals surface area contributed by atoms with Crippen LogP contribution in [0.5, 0.6) is 11.5 Å². The van der Waals surface area contributed by atoms with Gasteiger partial charge in [0.2, 0.25) is 5.91 Å². The fourth-order valence-corrected chi connectivity index (χ4v) is 5.25. The number of fused-ring (bicyclic) bond motifs is 1. The normalized spacial score (nSPS) is 24.6. The number of hydrogen-bond acceptors (Lipinski definition) is 4. The summed E-state index contributed by atoms with van der Waals surface area (Å²) in [5, 5.41) is 3.57. The average Bonchev–Trinajstić information content (AvgIpc) is 3.37. The highest BCUT2D eigenvalue weighted by Crippen LogP contribution is 2.41. The lowest BCUT2D eigenvalue weighted by Gasteiger charge is -2.33. The maximum absolute atomic E-state index is 13.4. The van der Waals surface area contributed by atoms with E-state index in [1.165, 1.54) is 12.5 Å². The first-order chi connectivity index (χ1) is 15.5. The molecule has 1 saturated heterocycles. The van der Waals surface area contributed by atoms with Gasteiger partial charge in [0.25, 0.3) is 0 Å². The fourth-order valence-electron chi connectivity index (χ4n) is 5.25. The molecule has 32 heavy (non-hydrogen) atoms. The van der Waals surface area contributed by atoms with E-state index in [0.29, 0.717) is 6.54 Å². The molecular weight excluding hydrogens is 414 g/mol. The molecule has 3 aliphatic rings. The van der Waals surface area contributed by atoms with Crippen LogP contribution in [-0.4, -0.2) is 29.7 Å². The van der Waals surface area contributed by atoms with Crippen LogP contribution in [-0.2, 0) is 11.3 Å². The summed E-state index contributed by atoms with van der Waals surface area (Å²) in [5.74, 6) is 0.498. The number of benzene rings is 2. The van der Waals surface area contributed by atoms with Gasteiger partial charge in [-0.3, -0.25) is 4.79 Å². The lowest BCUT2D eigenvalue weighted by Crippen LogP contribution is -2.41. The summed E-state index contributed by atoms with van der Waals surface area (Å²) in [6.07, 6.45) is 2.68. The topological polar surface area (TPSA) is 50.8 Å². The van der Waals surface area contributed by atoms with Crippen LogP contribution in [0, 0.1) is 5.92 Å². The Kier molecular flexibility index (Phi) is 5.76. The molecule has 0 aromatic heterocycles. The second-order valence-electron chi connectivity index (χ2n) is 8.95. The van der Waals surface area contributed by atoms with Crippen molar-refractivity contribution in [1.29, 1.82) is 0 Å². The molecule has 2 aromatic rings. The Balaban J connectivity index is 1.31. The number of nitrogens with zero attached hydrogens (tertiary/aromatic N) is 1. The minimum atomic E-state index is -3.61. The number of amides is 1. The number of halogens is 2. The molecule has 170 valence electrons. The number of rotatable bonds is 5. The second-order valence-corrected chi connectivity index (χ2v) is 8.95. The second kappa shape index (κ2) is 8.70. The molecule has 2 fully saturated rings. The van der Waals surface area contributed by atoms with E-state index in [1.54, 1.807) is 12.1 Å². The van der Waals surface area contributed by atoms with E-state index in [-0.39, 0.29) is 35.4 Å². The summed E-state index contributed by atoms with van der Waals surface area (Å²) >= 11 is 0. The van der Waals surface area contributed by atoms with Crippen molar-refractivity contribution in [1.82, 2.24) is 10.2 Å². The molecule has 2 heterocycles. The molecule has 1 aliphatic carbocycles. The summed E-state index contributed by atoms with van der Waals surface area (Å²) in [6, 6.07) is 15.0. The third-order valence-electron chi connectivity index (χ3n) is 6.81. The average molecular weight is 443 g/mol. The molecule has 5 rings (SSSR count). The van der Waals surface area contributed by atoms with Crippen LogP contribution in [0.4, 0.5) is 8.78 Å². The van der Waals surface area contributed by atoms with E-state index in [0.717, 1.165) is 49.8 Å². The van der Waals surface area contributed by atoms with Crippen molar-refractivity contribution in [3.63, 3.8) is 0 Å². The maximum Gasteiger partial charge on any atom is 0.586 e. The lowest BCUT2D eigenvalue weighted by atomic mass is 9.87. The molecule has 2 unspecified atom stereocenters. The molecule has 2 aromatic carbocycles. The summed E-state index contributed by atoms with van der Waals surface area (Å²) in [5.41, 5.74) is 1.95. The molecule has 0 spiro atoms. The first kappa shape index (κ1) is 21.2. The summed E-state index contributed by atoms with van der Waals surface area (Å²) in [4.78, 5) is 15.4. The standard InChI is InChI=1S/C25H28F2N2O3/c26-25(27)31-21-12-11-17(15-22(21)32-25)16-28-20-13-14-29(23(20)18-7-3-1-4-8-18)24(30)19-9-5-2-6-10-19/h1,3-4,7-8,11-12,15,19-20,23,28H,2,5-6,9-10,13-14,16H2. The Bertz CT molecular complexity index is 963. The Labute approximate surface area is 186 Å². The van der Waals surface area contributed by atoms with E-state index in [9.17, 15) is 13.6 Å². The van der Waals surface area contributed by atoms with Gasteiger partial charge in [0, 0.05) is 25.0 Å². The van der Waals surface area contributed by atoms with Crippen molar-refractivity contribution in [3.05, 3.63) is 59.7 Å². The third kappa shape index (κ3) is 4.31. The largest absolute Gasteiger partial charge is 0.586 e. The number of nitrogens with one attached hydrogen (secondary N) is 1. The van der Waals surface area contributed by atoms with Gasteiger partial charge in [0.05, 0.1) is 6.04 Å². The van der Waals surface area contributed by atoms with Gasteiger partial charge in [-0.25, -0.2) is 0 Å². The highest BCUT2D eigenvalue weighted by molar-refractivity contribution is 5.80. The minimum Gasteiger partial charge on any atom is -0.395 e. The zero-order chi connectivity index (χ0) is 22.1. The van der Waals surface area contributed by atoms with Gasteiger partial charge >= 0.3 is 6.29 Å². The van der Waals surface area contributed by atoms with E-state index in [1.807, 2.05) is 18.2 Å². The zero-order valence-electron chi connectivity index (χ0n) is 17.9. The smallest absolute Gasteiger partial charge is 0.395 e. The fraction of sp³-hybridized carbons (Fsp3) is 0.480. The van der Waals surface area contributed by atoms with Gasteiger partial charge in [-0.2, -0.15) is 0 Å². The Morgan fingerprint density at radius 1 is 1.00 bits per heavy atom. The van der Waals surface area contributed by atoms with Crippen LogP contribution in [0.25, 0.3) is 0 Å². The lowest BCUT2D eigenvalue weighted by molar-refractivity contribution is -0.286. The number of carbonyl (C=O) groups excluding carboxylic acids is 1. The zero-order valence-corrected chi connectivity index (χ0v) is 17.9. The van der Waals surface area contributed by atoms with Crippen molar-refractivity contribution in [3.8, 4) is 11.5 Å². The van der Waals surface area contributed by atoms with Crippen LogP contribution in [0.15, 0.2) is 48.5 Å². The molecule has 2 atom stereocenters. The van der Waals surface area contributed by atoms with Crippen molar-refractivity contribution in [2.45, 2.75) is 63.4 Å². The highest BCUT2D eigenvalue weighted by atomic mass is 19.3. The first-order valence-corrected chi connectivity index (χ1v) is 11.5.